The molecule has 0 heterocycles. The summed E-state index contributed by atoms with van der Waals surface area (Å²) in [6.07, 6.45) is 1.71. The highest BCUT2D eigenvalue weighted by atomic mass is 16.4. The van der Waals surface area contributed by atoms with Crippen LogP contribution in [0.5, 0.6) is 0 Å². The van der Waals surface area contributed by atoms with E-state index < -0.39 is 12.1 Å². The fourth-order valence-electron chi connectivity index (χ4n) is 1.37. The van der Waals surface area contributed by atoms with Crippen molar-refractivity contribution in [1.29, 1.82) is 0 Å². The Bertz CT molecular complexity index is 236. The molecule has 5 nitrogen and oxygen atoms in total. The van der Waals surface area contributed by atoms with Gasteiger partial charge in [0.15, 0.2) is 0 Å². The molecule has 0 aromatic rings. The molecule has 1 aliphatic rings. The molecule has 0 aliphatic heterocycles. The van der Waals surface area contributed by atoms with Crippen molar-refractivity contribution < 1.29 is 14.7 Å². The Morgan fingerprint density at radius 3 is 2.43 bits per heavy atom. The third-order valence-electron chi connectivity index (χ3n) is 2.30. The molecule has 0 bridgehead atoms. The molecule has 80 valence electrons. The number of carbonyl (C=O) groups is 2. The average molecular weight is 200 g/mol. The first kappa shape index (κ1) is 10.8. The maximum absolute atomic E-state index is 11.5. The molecular weight excluding hydrogens is 184 g/mol. The summed E-state index contributed by atoms with van der Waals surface area (Å²) in [7, 11) is 3.26. The number of carbonyl (C=O) groups excluding carboxylic acids is 1. The van der Waals surface area contributed by atoms with E-state index in [4.69, 9.17) is 5.11 Å². The van der Waals surface area contributed by atoms with Crippen molar-refractivity contribution in [3.05, 3.63) is 0 Å². The van der Waals surface area contributed by atoms with E-state index in [1.54, 1.807) is 14.1 Å². The second-order valence-electron chi connectivity index (χ2n) is 3.91. The third kappa shape index (κ3) is 3.24. The Morgan fingerprint density at radius 2 is 2.07 bits per heavy atom. The molecule has 14 heavy (non-hydrogen) atoms. The van der Waals surface area contributed by atoms with Crippen LogP contribution in [0.15, 0.2) is 0 Å². The van der Waals surface area contributed by atoms with Crippen LogP contribution in [0.25, 0.3) is 0 Å². The minimum atomic E-state index is -1.13. The molecule has 0 saturated heterocycles. The lowest BCUT2D eigenvalue weighted by molar-refractivity contribution is -0.131. The Kier molecular flexibility index (Phi) is 3.33. The molecule has 0 radical (unpaired) electrons. The fraction of sp³-hybridized carbons (Fsp3) is 0.778. The summed E-state index contributed by atoms with van der Waals surface area (Å²) in [6, 6.07) is -0.574. The van der Waals surface area contributed by atoms with Crippen LogP contribution in [0.2, 0.25) is 0 Å². The van der Waals surface area contributed by atoms with Gasteiger partial charge in [-0.25, -0.2) is 4.79 Å². The van der Waals surface area contributed by atoms with Gasteiger partial charge in [0, 0.05) is 14.1 Å². The van der Waals surface area contributed by atoms with Crippen LogP contribution in [-0.2, 0) is 4.79 Å². The lowest BCUT2D eigenvalue weighted by Gasteiger charge is -2.20. The first-order chi connectivity index (χ1) is 6.50. The van der Waals surface area contributed by atoms with Crippen molar-refractivity contribution in [2.75, 3.05) is 14.1 Å². The van der Waals surface area contributed by atoms with Gasteiger partial charge in [-0.05, 0) is 12.3 Å². The fourth-order valence-corrected chi connectivity index (χ4v) is 1.37. The Morgan fingerprint density at radius 1 is 1.50 bits per heavy atom. The molecule has 0 spiro atoms. The smallest absolute Gasteiger partial charge is 0.405 e. The summed E-state index contributed by atoms with van der Waals surface area (Å²) in [5, 5.41) is 10.8. The topological polar surface area (TPSA) is 69.6 Å². The standard InChI is InChI=1S/C9H16N2O3/c1-11(2)8(12)7(10-9(13)14)5-6-3-4-6/h6-7,10H,3-5H2,1-2H3,(H,13,14)/t7-/m0/s1. The highest BCUT2D eigenvalue weighted by molar-refractivity contribution is 5.84. The Hall–Kier alpha value is -1.26. The van der Waals surface area contributed by atoms with E-state index in [-0.39, 0.29) is 5.91 Å². The van der Waals surface area contributed by atoms with Crippen molar-refractivity contribution >= 4 is 12.0 Å². The summed E-state index contributed by atoms with van der Waals surface area (Å²) in [4.78, 5) is 23.4. The predicted octanol–water partition coefficient (Wildman–Crippen LogP) is 0.511. The number of carboxylic acid groups (broad SMARTS) is 1. The van der Waals surface area contributed by atoms with Crippen LogP contribution in [0, 0.1) is 5.92 Å². The minimum absolute atomic E-state index is 0.167. The van der Waals surface area contributed by atoms with E-state index in [1.807, 2.05) is 0 Å². The van der Waals surface area contributed by atoms with Crippen LogP contribution in [0.1, 0.15) is 19.3 Å². The lowest BCUT2D eigenvalue weighted by atomic mass is 10.1. The molecule has 1 fully saturated rings. The maximum atomic E-state index is 11.5. The van der Waals surface area contributed by atoms with Gasteiger partial charge in [-0.1, -0.05) is 12.8 Å². The van der Waals surface area contributed by atoms with E-state index in [9.17, 15) is 9.59 Å². The van der Waals surface area contributed by atoms with Crippen molar-refractivity contribution in [2.45, 2.75) is 25.3 Å². The van der Waals surface area contributed by atoms with Crippen LogP contribution in [0.3, 0.4) is 0 Å². The number of nitrogens with one attached hydrogen (secondary N) is 1. The van der Waals surface area contributed by atoms with Gasteiger partial charge in [0.2, 0.25) is 5.91 Å². The van der Waals surface area contributed by atoms with Gasteiger partial charge in [-0.3, -0.25) is 4.79 Å². The van der Waals surface area contributed by atoms with Crippen LogP contribution >= 0.6 is 0 Å². The zero-order valence-corrected chi connectivity index (χ0v) is 8.49. The van der Waals surface area contributed by atoms with Crippen molar-refractivity contribution in [3.8, 4) is 0 Å². The Labute approximate surface area is 83.1 Å². The van der Waals surface area contributed by atoms with Crippen LogP contribution in [-0.4, -0.2) is 42.1 Å². The second-order valence-corrected chi connectivity index (χ2v) is 3.91. The zero-order valence-electron chi connectivity index (χ0n) is 8.49. The average Bonchev–Trinajstić information content (AvgIpc) is 2.84. The first-order valence-electron chi connectivity index (χ1n) is 4.71. The number of amides is 2. The van der Waals surface area contributed by atoms with Crippen LogP contribution in [0.4, 0.5) is 4.79 Å². The third-order valence-corrected chi connectivity index (χ3v) is 2.30. The molecule has 0 unspecified atom stereocenters. The molecular formula is C9H16N2O3. The van der Waals surface area contributed by atoms with E-state index >= 15 is 0 Å². The molecule has 1 rings (SSSR count). The number of nitrogens with zero attached hydrogens (tertiary/aromatic N) is 1. The highest BCUT2D eigenvalue weighted by Gasteiger charge is 2.30. The number of hydrogen-bond acceptors (Lipinski definition) is 2. The second kappa shape index (κ2) is 4.30. The van der Waals surface area contributed by atoms with E-state index in [1.165, 1.54) is 4.90 Å². The zero-order chi connectivity index (χ0) is 10.7. The number of likely N-dealkylation sites (N-methyl/N-ethyl adjacent to an activating group) is 1. The quantitative estimate of drug-likeness (QED) is 0.694. The molecule has 2 amide bonds. The normalized spacial score (nSPS) is 17.3. The van der Waals surface area contributed by atoms with Gasteiger partial charge >= 0.3 is 6.09 Å². The molecule has 0 aromatic heterocycles. The summed E-state index contributed by atoms with van der Waals surface area (Å²) < 4.78 is 0. The monoisotopic (exact) mass is 200 g/mol. The van der Waals surface area contributed by atoms with Crippen molar-refractivity contribution in [2.24, 2.45) is 5.92 Å². The largest absolute Gasteiger partial charge is 0.465 e. The van der Waals surface area contributed by atoms with Crippen molar-refractivity contribution in [1.82, 2.24) is 10.2 Å². The van der Waals surface area contributed by atoms with Crippen LogP contribution < -0.4 is 5.32 Å². The molecule has 1 atom stereocenters. The minimum Gasteiger partial charge on any atom is -0.465 e. The number of hydrogen-bond donors (Lipinski definition) is 2. The van der Waals surface area contributed by atoms with E-state index in [2.05, 4.69) is 5.32 Å². The van der Waals surface area contributed by atoms with Crippen molar-refractivity contribution in [3.63, 3.8) is 0 Å². The number of rotatable bonds is 4. The van der Waals surface area contributed by atoms with E-state index in [0.717, 1.165) is 12.8 Å². The first-order valence-corrected chi connectivity index (χ1v) is 4.71. The summed E-state index contributed by atoms with van der Waals surface area (Å²) in [5.41, 5.74) is 0. The maximum Gasteiger partial charge on any atom is 0.405 e. The summed E-state index contributed by atoms with van der Waals surface area (Å²) >= 11 is 0. The summed E-state index contributed by atoms with van der Waals surface area (Å²) in [5.74, 6) is 0.357. The summed E-state index contributed by atoms with van der Waals surface area (Å²) in [6.45, 7) is 0. The predicted molar refractivity (Wildman–Crippen MR) is 51.0 cm³/mol. The SMILES string of the molecule is CN(C)C(=O)[C@H](CC1CC1)NC(=O)O. The van der Waals surface area contributed by atoms with Gasteiger partial charge in [0.05, 0.1) is 0 Å². The highest BCUT2D eigenvalue weighted by Crippen LogP contribution is 2.33. The Balaban J connectivity index is 2.49. The van der Waals surface area contributed by atoms with Gasteiger partial charge in [-0.15, -0.1) is 0 Å². The van der Waals surface area contributed by atoms with Gasteiger partial charge in [0.25, 0.3) is 0 Å². The molecule has 5 heteroatoms. The van der Waals surface area contributed by atoms with Gasteiger partial charge in [0.1, 0.15) is 6.04 Å². The molecule has 1 saturated carbocycles. The lowest BCUT2D eigenvalue weighted by Crippen LogP contribution is -2.46. The molecule has 2 N–H and O–H groups in total. The molecule has 0 aromatic carbocycles. The molecule has 1 aliphatic carbocycles. The van der Waals surface area contributed by atoms with E-state index in [0.29, 0.717) is 12.3 Å². The van der Waals surface area contributed by atoms with Gasteiger partial charge in [-0.2, -0.15) is 0 Å². The van der Waals surface area contributed by atoms with Gasteiger partial charge < -0.3 is 15.3 Å².